The zero-order valence-corrected chi connectivity index (χ0v) is 17.1. The number of hydrogen-bond acceptors (Lipinski definition) is 2. The van der Waals surface area contributed by atoms with Gasteiger partial charge in [0.1, 0.15) is 5.75 Å². The van der Waals surface area contributed by atoms with Crippen molar-refractivity contribution >= 4 is 0 Å². The summed E-state index contributed by atoms with van der Waals surface area (Å²) in [5, 5.41) is 0. The Kier molecular flexibility index (Phi) is 7.74. The summed E-state index contributed by atoms with van der Waals surface area (Å²) in [6, 6.07) is 12.6. The summed E-state index contributed by atoms with van der Waals surface area (Å²) >= 11 is 0. The fourth-order valence-corrected chi connectivity index (χ4v) is 4.31. The second-order valence-electron chi connectivity index (χ2n) is 8.10. The molecule has 1 aromatic heterocycles. The average molecular weight is 366 g/mol. The second kappa shape index (κ2) is 10.5. The Hall–Kier alpha value is -1.83. The average Bonchev–Trinajstić information content (AvgIpc) is 2.73. The van der Waals surface area contributed by atoms with E-state index in [1.54, 1.807) is 0 Å². The molecule has 0 spiro atoms. The van der Waals surface area contributed by atoms with Gasteiger partial charge in [-0.15, -0.1) is 0 Å². The maximum absolute atomic E-state index is 5.96. The molecule has 1 fully saturated rings. The monoisotopic (exact) mass is 365 g/mol. The maximum Gasteiger partial charge on any atom is 0.119 e. The van der Waals surface area contributed by atoms with Gasteiger partial charge in [0.05, 0.1) is 12.3 Å². The lowest BCUT2D eigenvalue weighted by molar-refractivity contribution is 0.230. The quantitative estimate of drug-likeness (QED) is 0.443. The van der Waals surface area contributed by atoms with Gasteiger partial charge in [-0.05, 0) is 67.0 Å². The summed E-state index contributed by atoms with van der Waals surface area (Å²) in [7, 11) is 0. The fraction of sp³-hybridized carbons (Fsp3) is 0.560. The number of aryl methyl sites for hydroxylation is 1. The molecule has 1 aliphatic carbocycles. The Morgan fingerprint density at radius 3 is 2.19 bits per heavy atom. The van der Waals surface area contributed by atoms with Crippen molar-refractivity contribution in [3.05, 3.63) is 48.2 Å². The largest absolute Gasteiger partial charge is 0.494 e. The van der Waals surface area contributed by atoms with Gasteiger partial charge >= 0.3 is 0 Å². The van der Waals surface area contributed by atoms with E-state index in [-0.39, 0.29) is 0 Å². The fourth-order valence-electron chi connectivity index (χ4n) is 4.31. The molecule has 146 valence electrons. The SMILES string of the molecule is CCCC1CCC(CCCOc2ccc(-c3ccc(CC)cn3)cc2)CC1. The highest BCUT2D eigenvalue weighted by atomic mass is 16.5. The molecule has 0 bridgehead atoms. The van der Waals surface area contributed by atoms with Gasteiger partial charge in [0.2, 0.25) is 0 Å². The molecule has 0 amide bonds. The van der Waals surface area contributed by atoms with Crippen LogP contribution in [0.2, 0.25) is 0 Å². The summed E-state index contributed by atoms with van der Waals surface area (Å²) < 4.78 is 5.96. The standard InChI is InChI=1S/C25H35NO/c1-3-6-21-8-10-22(11-9-21)7-5-18-27-24-15-13-23(14-16-24)25-17-12-20(4-2)19-26-25/h12-17,19,21-22H,3-11,18H2,1-2H3. The molecule has 0 aliphatic heterocycles. The van der Waals surface area contributed by atoms with Gasteiger partial charge in [-0.25, -0.2) is 0 Å². The lowest BCUT2D eigenvalue weighted by Gasteiger charge is -2.28. The summed E-state index contributed by atoms with van der Waals surface area (Å²) in [4.78, 5) is 4.55. The van der Waals surface area contributed by atoms with Crippen LogP contribution in [0.1, 0.15) is 70.8 Å². The normalized spacial score (nSPS) is 19.8. The number of rotatable bonds is 9. The number of nitrogens with zero attached hydrogens (tertiary/aromatic N) is 1. The van der Waals surface area contributed by atoms with Crippen molar-refractivity contribution in [2.24, 2.45) is 11.8 Å². The molecule has 2 aromatic rings. The van der Waals surface area contributed by atoms with E-state index in [2.05, 4.69) is 55.2 Å². The van der Waals surface area contributed by atoms with E-state index in [4.69, 9.17) is 4.74 Å². The van der Waals surface area contributed by atoms with Crippen molar-refractivity contribution < 1.29 is 4.74 Å². The highest BCUT2D eigenvalue weighted by Gasteiger charge is 2.20. The molecule has 3 rings (SSSR count). The first kappa shape index (κ1) is 19.9. The lowest BCUT2D eigenvalue weighted by Crippen LogP contribution is -2.15. The van der Waals surface area contributed by atoms with Gasteiger partial charge in [0.15, 0.2) is 0 Å². The van der Waals surface area contributed by atoms with E-state index in [0.717, 1.165) is 41.9 Å². The molecular formula is C25H35NO. The van der Waals surface area contributed by atoms with Crippen molar-refractivity contribution in [3.8, 4) is 17.0 Å². The van der Waals surface area contributed by atoms with Crippen LogP contribution in [0.5, 0.6) is 5.75 Å². The Labute approximate surface area is 165 Å². The zero-order valence-electron chi connectivity index (χ0n) is 17.1. The molecule has 2 heteroatoms. The Morgan fingerprint density at radius 1 is 0.889 bits per heavy atom. The van der Waals surface area contributed by atoms with Crippen LogP contribution in [0.25, 0.3) is 11.3 Å². The Balaban J connectivity index is 1.38. The number of pyridine rings is 1. The first-order chi connectivity index (χ1) is 13.3. The predicted octanol–water partition coefficient (Wildman–Crippen LogP) is 7.08. The van der Waals surface area contributed by atoms with Crippen molar-refractivity contribution in [1.82, 2.24) is 4.98 Å². The third kappa shape index (κ3) is 6.09. The Bertz CT molecular complexity index is 654. The summed E-state index contributed by atoms with van der Waals surface area (Å²) in [5.74, 6) is 2.91. The van der Waals surface area contributed by atoms with Crippen molar-refractivity contribution in [2.45, 2.75) is 71.6 Å². The summed E-state index contributed by atoms with van der Waals surface area (Å²) in [5.41, 5.74) is 3.45. The van der Waals surface area contributed by atoms with Gasteiger partial charge < -0.3 is 4.74 Å². The molecule has 2 nitrogen and oxygen atoms in total. The minimum absolute atomic E-state index is 0.831. The number of hydrogen-bond donors (Lipinski definition) is 0. The molecular weight excluding hydrogens is 330 g/mol. The van der Waals surface area contributed by atoms with Crippen LogP contribution in [0, 0.1) is 11.8 Å². The van der Waals surface area contributed by atoms with E-state index in [0.29, 0.717) is 0 Å². The molecule has 1 saturated carbocycles. The number of benzene rings is 1. The van der Waals surface area contributed by atoms with Crippen LogP contribution in [0.3, 0.4) is 0 Å². The smallest absolute Gasteiger partial charge is 0.119 e. The summed E-state index contributed by atoms with van der Waals surface area (Å²) in [6.07, 6.45) is 14.0. The van der Waals surface area contributed by atoms with E-state index in [9.17, 15) is 0 Å². The predicted molar refractivity (Wildman–Crippen MR) is 114 cm³/mol. The molecule has 1 aromatic carbocycles. The molecule has 0 unspecified atom stereocenters. The molecule has 27 heavy (non-hydrogen) atoms. The molecule has 1 heterocycles. The molecule has 0 atom stereocenters. The third-order valence-electron chi connectivity index (χ3n) is 6.07. The van der Waals surface area contributed by atoms with Gasteiger partial charge in [0.25, 0.3) is 0 Å². The van der Waals surface area contributed by atoms with Crippen molar-refractivity contribution in [3.63, 3.8) is 0 Å². The third-order valence-corrected chi connectivity index (χ3v) is 6.07. The van der Waals surface area contributed by atoms with E-state index < -0.39 is 0 Å². The molecule has 0 saturated heterocycles. The highest BCUT2D eigenvalue weighted by molar-refractivity contribution is 5.60. The van der Waals surface area contributed by atoms with Crippen LogP contribution in [-0.4, -0.2) is 11.6 Å². The minimum Gasteiger partial charge on any atom is -0.494 e. The van der Waals surface area contributed by atoms with Crippen LogP contribution < -0.4 is 4.74 Å². The van der Waals surface area contributed by atoms with Crippen LogP contribution >= 0.6 is 0 Å². The van der Waals surface area contributed by atoms with Gasteiger partial charge in [-0.1, -0.05) is 58.4 Å². The topological polar surface area (TPSA) is 22.1 Å². The van der Waals surface area contributed by atoms with Gasteiger partial charge in [-0.3, -0.25) is 4.98 Å². The van der Waals surface area contributed by atoms with Crippen LogP contribution in [0.4, 0.5) is 0 Å². The van der Waals surface area contributed by atoms with Crippen LogP contribution in [-0.2, 0) is 6.42 Å². The van der Waals surface area contributed by atoms with Crippen LogP contribution in [0.15, 0.2) is 42.6 Å². The first-order valence-corrected chi connectivity index (χ1v) is 11.0. The van der Waals surface area contributed by atoms with Crippen molar-refractivity contribution in [2.75, 3.05) is 6.61 Å². The molecule has 0 radical (unpaired) electrons. The summed E-state index contributed by atoms with van der Waals surface area (Å²) in [6.45, 7) is 5.30. The second-order valence-corrected chi connectivity index (χ2v) is 8.10. The lowest BCUT2D eigenvalue weighted by atomic mass is 9.78. The Morgan fingerprint density at radius 2 is 1.59 bits per heavy atom. The highest BCUT2D eigenvalue weighted by Crippen LogP contribution is 2.33. The minimum atomic E-state index is 0.831. The van der Waals surface area contributed by atoms with E-state index in [1.165, 1.54) is 56.9 Å². The van der Waals surface area contributed by atoms with E-state index in [1.807, 2.05) is 6.20 Å². The number of aromatic nitrogens is 1. The van der Waals surface area contributed by atoms with Gasteiger partial charge in [0, 0.05) is 11.8 Å². The zero-order chi connectivity index (χ0) is 18.9. The first-order valence-electron chi connectivity index (χ1n) is 11.0. The van der Waals surface area contributed by atoms with Crippen molar-refractivity contribution in [1.29, 1.82) is 0 Å². The van der Waals surface area contributed by atoms with Gasteiger partial charge in [-0.2, -0.15) is 0 Å². The number of ether oxygens (including phenoxy) is 1. The molecule has 0 N–H and O–H groups in total. The maximum atomic E-state index is 5.96. The molecule has 1 aliphatic rings. The van der Waals surface area contributed by atoms with E-state index >= 15 is 0 Å².